The monoisotopic (exact) mass is 463 g/mol. The number of piperidine rings is 1. The van der Waals surface area contributed by atoms with Crippen LogP contribution in [0.5, 0.6) is 5.75 Å². The summed E-state index contributed by atoms with van der Waals surface area (Å²) >= 11 is 0. The molecule has 2 aliphatic heterocycles. The molecule has 5 rings (SSSR count). The smallest absolute Gasteiger partial charge is 0.254 e. The molecule has 2 atom stereocenters. The highest BCUT2D eigenvalue weighted by atomic mass is 19.1. The second-order valence-corrected chi connectivity index (χ2v) is 10.3. The Morgan fingerprint density at radius 1 is 1.15 bits per heavy atom. The molecule has 3 heterocycles. The highest BCUT2D eigenvalue weighted by molar-refractivity contribution is 6.00. The molecule has 2 bridgehead atoms. The van der Waals surface area contributed by atoms with Crippen LogP contribution >= 0.6 is 0 Å². The average molecular weight is 464 g/mol. The molecule has 1 amide bonds. The molecule has 2 aliphatic rings. The van der Waals surface area contributed by atoms with E-state index in [1.807, 2.05) is 6.07 Å². The van der Waals surface area contributed by atoms with Crippen LogP contribution in [0.4, 0.5) is 10.2 Å². The first kappa shape index (κ1) is 22.5. The average Bonchev–Trinajstić information content (AvgIpc) is 3.04. The van der Waals surface area contributed by atoms with Gasteiger partial charge in [0.05, 0.1) is 11.3 Å². The number of nitrogens with one attached hydrogen (secondary N) is 3. The van der Waals surface area contributed by atoms with Gasteiger partial charge in [0.25, 0.3) is 5.91 Å². The number of halogens is 1. The molecule has 8 heteroatoms. The van der Waals surface area contributed by atoms with E-state index in [4.69, 9.17) is 0 Å². The van der Waals surface area contributed by atoms with Crippen LogP contribution in [-0.2, 0) is 0 Å². The largest absolute Gasteiger partial charge is 0.507 e. The third-order valence-corrected chi connectivity index (χ3v) is 7.36. The number of hydrogen-bond acceptors (Lipinski definition) is 6. The second kappa shape index (κ2) is 8.20. The molecule has 2 saturated heterocycles. The number of benzene rings is 2. The van der Waals surface area contributed by atoms with Gasteiger partial charge in [-0.3, -0.25) is 4.79 Å². The maximum Gasteiger partial charge on any atom is 0.254 e. The fourth-order valence-electron chi connectivity index (χ4n) is 5.86. The van der Waals surface area contributed by atoms with E-state index in [2.05, 4.69) is 40.0 Å². The lowest BCUT2D eigenvalue weighted by Gasteiger charge is -2.42. The number of aromatic hydroxyl groups is 1. The molecule has 2 fully saturated rings. The molecule has 3 aromatic rings. The number of phenols is 1. The molecule has 0 aliphatic carbocycles. The molecule has 2 aromatic carbocycles. The van der Waals surface area contributed by atoms with Crippen molar-refractivity contribution in [1.82, 2.24) is 20.8 Å². The van der Waals surface area contributed by atoms with Crippen molar-refractivity contribution in [2.75, 3.05) is 18.9 Å². The molecule has 1 aromatic heterocycles. The number of carbonyl (C=O) groups excluding carboxylic acids is 1. The molecule has 34 heavy (non-hydrogen) atoms. The van der Waals surface area contributed by atoms with Crippen molar-refractivity contribution < 1.29 is 14.3 Å². The van der Waals surface area contributed by atoms with Gasteiger partial charge >= 0.3 is 0 Å². The first-order valence-corrected chi connectivity index (χ1v) is 11.7. The lowest BCUT2D eigenvalue weighted by atomic mass is 9.80. The second-order valence-electron chi connectivity index (χ2n) is 10.3. The van der Waals surface area contributed by atoms with Crippen molar-refractivity contribution >= 4 is 22.5 Å². The van der Waals surface area contributed by atoms with Crippen LogP contribution in [-0.4, -0.2) is 45.9 Å². The van der Waals surface area contributed by atoms with Gasteiger partial charge in [0.15, 0.2) is 0 Å². The Morgan fingerprint density at radius 2 is 1.88 bits per heavy atom. The van der Waals surface area contributed by atoms with E-state index in [1.165, 1.54) is 32.0 Å². The Kier molecular flexibility index (Phi) is 5.43. The maximum atomic E-state index is 14.8. The fraction of sp³-hybridized carbons (Fsp3) is 0.423. The highest BCUT2D eigenvalue weighted by Crippen LogP contribution is 2.44. The molecule has 2 unspecified atom stereocenters. The molecular weight excluding hydrogens is 433 g/mol. The number of anilines is 1. The summed E-state index contributed by atoms with van der Waals surface area (Å²) in [4.78, 5) is 11.9. The van der Waals surface area contributed by atoms with Crippen LogP contribution in [0.15, 0.2) is 36.4 Å². The highest BCUT2D eigenvalue weighted by Gasteiger charge is 2.48. The Morgan fingerprint density at radius 3 is 2.53 bits per heavy atom. The van der Waals surface area contributed by atoms with E-state index in [-0.39, 0.29) is 27.8 Å². The van der Waals surface area contributed by atoms with Gasteiger partial charge in [-0.05, 0) is 81.2 Å². The Bertz CT molecular complexity index is 1250. The Balaban J connectivity index is 1.32. The molecule has 0 radical (unpaired) electrons. The molecular formula is C26H30FN5O2. The van der Waals surface area contributed by atoms with Crippen molar-refractivity contribution in [3.8, 4) is 17.0 Å². The number of nitrogens with zero attached hydrogens (tertiary/aromatic N) is 2. The topological polar surface area (TPSA) is 99.2 Å². The van der Waals surface area contributed by atoms with E-state index in [1.54, 1.807) is 18.2 Å². The van der Waals surface area contributed by atoms with Gasteiger partial charge < -0.3 is 21.1 Å². The minimum Gasteiger partial charge on any atom is -0.507 e. The summed E-state index contributed by atoms with van der Waals surface area (Å²) in [6, 6.07) is 9.71. The Hall–Kier alpha value is -3.26. The SMILES string of the molecule is CNC(=O)c1ccc2cc(-c3ccc(NCC4CC5(C)CCC(C)(C4)N5)nn3)c(O)cc2c1F. The van der Waals surface area contributed by atoms with Crippen molar-refractivity contribution in [2.45, 2.75) is 50.6 Å². The van der Waals surface area contributed by atoms with Gasteiger partial charge in [0.2, 0.25) is 0 Å². The van der Waals surface area contributed by atoms with Crippen molar-refractivity contribution in [1.29, 1.82) is 0 Å². The quantitative estimate of drug-likeness (QED) is 0.452. The zero-order valence-electron chi connectivity index (χ0n) is 19.7. The minimum absolute atomic E-state index is 0.0675. The summed E-state index contributed by atoms with van der Waals surface area (Å²) in [7, 11) is 1.44. The van der Waals surface area contributed by atoms with E-state index in [0.717, 1.165) is 19.4 Å². The normalized spacial score (nSPS) is 25.9. The van der Waals surface area contributed by atoms with Gasteiger partial charge in [0, 0.05) is 35.6 Å². The van der Waals surface area contributed by atoms with E-state index >= 15 is 0 Å². The number of rotatable bonds is 5. The lowest BCUT2D eigenvalue weighted by Crippen LogP contribution is -2.54. The van der Waals surface area contributed by atoms with Gasteiger partial charge in [-0.2, -0.15) is 0 Å². The molecule has 4 N–H and O–H groups in total. The summed E-state index contributed by atoms with van der Waals surface area (Å²) in [5, 5.41) is 29.5. The molecule has 7 nitrogen and oxygen atoms in total. The van der Waals surface area contributed by atoms with Crippen LogP contribution in [0.1, 0.15) is 49.9 Å². The van der Waals surface area contributed by atoms with Crippen molar-refractivity contribution in [3.63, 3.8) is 0 Å². The van der Waals surface area contributed by atoms with Crippen LogP contribution in [0.3, 0.4) is 0 Å². The maximum absolute atomic E-state index is 14.8. The van der Waals surface area contributed by atoms with Crippen LogP contribution < -0.4 is 16.0 Å². The van der Waals surface area contributed by atoms with Gasteiger partial charge in [-0.1, -0.05) is 6.07 Å². The summed E-state index contributed by atoms with van der Waals surface area (Å²) in [5.74, 6) is -0.0522. The molecule has 0 saturated carbocycles. The lowest BCUT2D eigenvalue weighted by molar-refractivity contribution is 0.0959. The zero-order chi connectivity index (χ0) is 24.1. The van der Waals surface area contributed by atoms with E-state index < -0.39 is 11.7 Å². The first-order valence-electron chi connectivity index (χ1n) is 11.7. The minimum atomic E-state index is -0.668. The van der Waals surface area contributed by atoms with Gasteiger partial charge in [-0.25, -0.2) is 4.39 Å². The fourth-order valence-corrected chi connectivity index (χ4v) is 5.86. The van der Waals surface area contributed by atoms with Crippen LogP contribution in [0.25, 0.3) is 22.0 Å². The summed E-state index contributed by atoms with van der Waals surface area (Å²) in [6.45, 7) is 5.48. The third-order valence-electron chi connectivity index (χ3n) is 7.36. The van der Waals surface area contributed by atoms with E-state index in [9.17, 15) is 14.3 Å². The summed E-state index contributed by atoms with van der Waals surface area (Å²) in [6.07, 6.45) is 4.73. The number of phenolic OH excluding ortho intramolecular Hbond substituents is 1. The zero-order valence-corrected chi connectivity index (χ0v) is 19.7. The molecule has 178 valence electrons. The summed E-state index contributed by atoms with van der Waals surface area (Å²) in [5.41, 5.74) is 1.32. The van der Waals surface area contributed by atoms with Crippen LogP contribution in [0.2, 0.25) is 0 Å². The van der Waals surface area contributed by atoms with Crippen molar-refractivity contribution in [2.24, 2.45) is 5.92 Å². The summed E-state index contributed by atoms with van der Waals surface area (Å²) < 4.78 is 14.8. The third kappa shape index (κ3) is 4.07. The number of hydrogen-bond donors (Lipinski definition) is 4. The van der Waals surface area contributed by atoms with Gasteiger partial charge in [0.1, 0.15) is 17.4 Å². The van der Waals surface area contributed by atoms with Crippen LogP contribution in [0, 0.1) is 11.7 Å². The number of aromatic nitrogens is 2. The number of carbonyl (C=O) groups is 1. The number of amides is 1. The first-order chi connectivity index (χ1) is 16.2. The Labute approximate surface area is 198 Å². The number of fused-ring (bicyclic) bond motifs is 3. The standard InChI is InChI=1S/C26H30FN5O2/c1-25-8-9-26(2,32-25)13-15(12-25)14-29-22-7-6-20(30-31-22)19-10-16-4-5-17(24(34)28-3)23(27)18(16)11-21(19)33/h4-7,10-11,15,32-33H,8-9,12-14H2,1-3H3,(H,28,34)(H,29,31). The molecule has 0 spiro atoms. The van der Waals surface area contributed by atoms with Gasteiger partial charge in [-0.15, -0.1) is 10.2 Å². The predicted molar refractivity (Wildman–Crippen MR) is 130 cm³/mol. The van der Waals surface area contributed by atoms with E-state index in [0.29, 0.717) is 28.4 Å². The predicted octanol–water partition coefficient (Wildman–Crippen LogP) is 4.22. The van der Waals surface area contributed by atoms with Crippen molar-refractivity contribution in [3.05, 3.63) is 47.8 Å².